The fourth-order valence-electron chi connectivity index (χ4n) is 1.04. The number of rotatable bonds is 0. The second kappa shape index (κ2) is 2.13. The van der Waals surface area contributed by atoms with Crippen molar-refractivity contribution in [2.45, 2.75) is 0 Å². The smallest absolute Gasteiger partial charge is 0.283 e. The topological polar surface area (TPSA) is 39.9 Å². The Kier molecular flexibility index (Phi) is 1.26. The molecular formula is C7H6ClN2O+. The van der Waals surface area contributed by atoms with Gasteiger partial charge >= 0.3 is 0 Å². The highest BCUT2D eigenvalue weighted by Gasteiger charge is 2.10. The highest BCUT2D eigenvalue weighted by Crippen LogP contribution is 2.17. The molecule has 0 radical (unpaired) electrons. The Morgan fingerprint density at radius 3 is 3.00 bits per heavy atom. The molecule has 0 amide bonds. The minimum Gasteiger partial charge on any atom is -0.355 e. The number of pyridine rings is 1. The maximum absolute atomic E-state index is 9.22. The van der Waals surface area contributed by atoms with Crippen LogP contribution in [0, 0.1) is 0 Å². The standard InChI is InChI=1S/C7H5ClN2O/c8-5-2-4-10(11)6-1-3-9-7(5)6/h1-4,11H/p+1. The second-order valence-electron chi connectivity index (χ2n) is 2.25. The molecule has 2 N–H and O–H groups in total. The molecule has 0 aromatic carbocycles. The van der Waals surface area contributed by atoms with Gasteiger partial charge in [0.1, 0.15) is 5.52 Å². The third-order valence-corrected chi connectivity index (χ3v) is 1.89. The van der Waals surface area contributed by atoms with Crippen molar-refractivity contribution in [2.24, 2.45) is 0 Å². The monoisotopic (exact) mass is 169 g/mol. The van der Waals surface area contributed by atoms with Gasteiger partial charge in [0.25, 0.3) is 5.52 Å². The summed E-state index contributed by atoms with van der Waals surface area (Å²) in [7, 11) is 0. The Bertz CT molecular complexity index is 360. The van der Waals surface area contributed by atoms with Gasteiger partial charge < -0.3 is 4.98 Å². The van der Waals surface area contributed by atoms with E-state index in [1.165, 1.54) is 6.20 Å². The molecule has 0 aliphatic rings. The van der Waals surface area contributed by atoms with Crippen molar-refractivity contribution in [1.29, 1.82) is 0 Å². The predicted octanol–water partition coefficient (Wildman–Crippen LogP) is 1.35. The number of aromatic nitrogens is 2. The molecule has 0 bridgehead atoms. The molecule has 0 fully saturated rings. The van der Waals surface area contributed by atoms with Crippen LogP contribution in [-0.4, -0.2) is 10.2 Å². The van der Waals surface area contributed by atoms with Gasteiger partial charge in [-0.05, 0) is 0 Å². The minimum absolute atomic E-state index is 0.607. The van der Waals surface area contributed by atoms with Crippen LogP contribution in [0.4, 0.5) is 0 Å². The number of fused-ring (bicyclic) bond motifs is 1. The summed E-state index contributed by atoms with van der Waals surface area (Å²) in [6.07, 6.45) is 3.22. The van der Waals surface area contributed by atoms with Crippen molar-refractivity contribution in [1.82, 2.24) is 4.98 Å². The fourth-order valence-corrected chi connectivity index (χ4v) is 1.25. The summed E-state index contributed by atoms with van der Waals surface area (Å²) in [5.41, 5.74) is 1.43. The average Bonchev–Trinajstić information content (AvgIpc) is 2.45. The molecule has 56 valence electrons. The second-order valence-corrected chi connectivity index (χ2v) is 2.65. The van der Waals surface area contributed by atoms with E-state index >= 15 is 0 Å². The molecule has 0 aliphatic heterocycles. The van der Waals surface area contributed by atoms with Crippen LogP contribution in [0.25, 0.3) is 11.0 Å². The van der Waals surface area contributed by atoms with E-state index in [4.69, 9.17) is 11.6 Å². The van der Waals surface area contributed by atoms with Crippen LogP contribution in [0.2, 0.25) is 5.02 Å². The number of halogens is 1. The average molecular weight is 170 g/mol. The van der Waals surface area contributed by atoms with Crippen molar-refractivity contribution in [3.8, 4) is 0 Å². The molecule has 0 saturated carbocycles. The molecular weight excluding hydrogens is 164 g/mol. The molecule has 4 heteroatoms. The van der Waals surface area contributed by atoms with E-state index in [2.05, 4.69) is 4.98 Å². The zero-order chi connectivity index (χ0) is 7.84. The van der Waals surface area contributed by atoms with Crippen LogP contribution < -0.4 is 4.73 Å². The first kappa shape index (κ1) is 6.49. The summed E-state index contributed by atoms with van der Waals surface area (Å²) in [6, 6.07) is 3.38. The lowest BCUT2D eigenvalue weighted by atomic mass is 10.4. The molecule has 0 unspecified atom stereocenters. The summed E-state index contributed by atoms with van der Waals surface area (Å²) in [4.78, 5) is 2.92. The summed E-state index contributed by atoms with van der Waals surface area (Å²) in [6.45, 7) is 0. The third kappa shape index (κ3) is 0.851. The Morgan fingerprint density at radius 2 is 2.27 bits per heavy atom. The minimum atomic E-state index is 0.607. The van der Waals surface area contributed by atoms with Crippen molar-refractivity contribution >= 4 is 22.6 Å². The zero-order valence-electron chi connectivity index (χ0n) is 5.58. The molecule has 2 heterocycles. The lowest BCUT2D eigenvalue weighted by Crippen LogP contribution is -2.29. The van der Waals surface area contributed by atoms with Crippen LogP contribution in [0.3, 0.4) is 0 Å². The van der Waals surface area contributed by atoms with Crippen LogP contribution in [0.5, 0.6) is 0 Å². The van der Waals surface area contributed by atoms with Gasteiger partial charge in [0.05, 0.1) is 5.02 Å². The van der Waals surface area contributed by atoms with E-state index < -0.39 is 0 Å². The van der Waals surface area contributed by atoms with E-state index in [0.29, 0.717) is 10.5 Å². The Morgan fingerprint density at radius 1 is 1.45 bits per heavy atom. The number of nitrogens with zero attached hydrogens (tertiary/aromatic N) is 1. The maximum atomic E-state index is 9.22. The highest BCUT2D eigenvalue weighted by molar-refractivity contribution is 6.34. The quantitative estimate of drug-likeness (QED) is 0.454. The number of nitrogens with one attached hydrogen (secondary N) is 1. The molecule has 2 aromatic heterocycles. The van der Waals surface area contributed by atoms with Gasteiger partial charge in [0, 0.05) is 23.1 Å². The van der Waals surface area contributed by atoms with E-state index in [1.807, 2.05) is 0 Å². The molecule has 0 atom stereocenters. The Balaban J connectivity index is 2.96. The Hall–Kier alpha value is -1.22. The normalized spacial score (nSPS) is 10.6. The first-order chi connectivity index (χ1) is 5.29. The van der Waals surface area contributed by atoms with Gasteiger partial charge in [-0.25, -0.2) is 0 Å². The number of H-pyrrole nitrogens is 1. The van der Waals surface area contributed by atoms with Crippen molar-refractivity contribution in [2.75, 3.05) is 0 Å². The zero-order valence-corrected chi connectivity index (χ0v) is 6.34. The number of hydrogen-bond acceptors (Lipinski definition) is 1. The molecule has 3 nitrogen and oxygen atoms in total. The highest BCUT2D eigenvalue weighted by atomic mass is 35.5. The van der Waals surface area contributed by atoms with Crippen LogP contribution >= 0.6 is 11.6 Å². The predicted molar refractivity (Wildman–Crippen MR) is 40.7 cm³/mol. The SMILES string of the molecule is O[n+]1ccc(Cl)c2[nH]ccc21. The number of aromatic amines is 1. The van der Waals surface area contributed by atoms with E-state index in [1.54, 1.807) is 18.3 Å². The van der Waals surface area contributed by atoms with Gasteiger partial charge in [0.2, 0.25) is 6.20 Å². The largest absolute Gasteiger partial charge is 0.355 e. The van der Waals surface area contributed by atoms with Crippen molar-refractivity contribution < 1.29 is 9.94 Å². The first-order valence-corrected chi connectivity index (χ1v) is 3.53. The van der Waals surface area contributed by atoms with Gasteiger partial charge in [-0.3, -0.25) is 5.21 Å². The third-order valence-electron chi connectivity index (χ3n) is 1.57. The van der Waals surface area contributed by atoms with E-state index in [9.17, 15) is 5.21 Å². The van der Waals surface area contributed by atoms with E-state index in [0.717, 1.165) is 10.2 Å². The summed E-state index contributed by atoms with van der Waals surface area (Å²) in [5, 5.41) is 9.83. The van der Waals surface area contributed by atoms with Crippen LogP contribution in [0.1, 0.15) is 0 Å². The van der Waals surface area contributed by atoms with Crippen LogP contribution in [0.15, 0.2) is 24.5 Å². The van der Waals surface area contributed by atoms with Crippen molar-refractivity contribution in [3.63, 3.8) is 0 Å². The maximum Gasteiger partial charge on any atom is 0.283 e. The van der Waals surface area contributed by atoms with E-state index in [-0.39, 0.29) is 0 Å². The van der Waals surface area contributed by atoms with Gasteiger partial charge in [0.15, 0.2) is 0 Å². The summed E-state index contributed by atoms with van der Waals surface area (Å²) >= 11 is 5.81. The molecule has 0 spiro atoms. The molecule has 11 heavy (non-hydrogen) atoms. The first-order valence-electron chi connectivity index (χ1n) is 3.15. The van der Waals surface area contributed by atoms with Crippen LogP contribution in [-0.2, 0) is 0 Å². The lowest BCUT2D eigenvalue weighted by Gasteiger charge is -1.88. The molecule has 2 rings (SSSR count). The molecule has 0 saturated heterocycles. The molecule has 0 aliphatic carbocycles. The number of hydrogen-bond donors (Lipinski definition) is 2. The summed E-state index contributed by atoms with van der Waals surface area (Å²) < 4.78 is 1.03. The lowest BCUT2D eigenvalue weighted by molar-refractivity contribution is -0.884. The van der Waals surface area contributed by atoms with Gasteiger partial charge in [-0.15, -0.1) is 0 Å². The summed E-state index contributed by atoms with van der Waals surface area (Å²) in [5.74, 6) is 0. The molecule has 2 aromatic rings. The van der Waals surface area contributed by atoms with Gasteiger partial charge in [-0.1, -0.05) is 11.6 Å². The van der Waals surface area contributed by atoms with Crippen molar-refractivity contribution in [3.05, 3.63) is 29.5 Å². The van der Waals surface area contributed by atoms with Gasteiger partial charge in [-0.2, -0.15) is 0 Å². The fraction of sp³-hybridized carbons (Fsp3) is 0. The Labute approximate surface area is 67.8 Å².